The molecule has 0 fully saturated rings. The smallest absolute Gasteiger partial charge is 0.339 e. The lowest BCUT2D eigenvalue weighted by Gasteiger charge is -2.36. The maximum Gasteiger partial charge on any atom is 0.339 e. The number of anilines is 2. The monoisotopic (exact) mass is 482 g/mol. The molecule has 0 amide bonds. The van der Waals surface area contributed by atoms with Crippen molar-refractivity contribution in [1.29, 1.82) is 0 Å². The molecule has 0 aliphatic carbocycles. The third kappa shape index (κ3) is 4.72. The van der Waals surface area contributed by atoms with Crippen molar-refractivity contribution in [2.24, 2.45) is 0 Å². The molecule has 0 saturated carbocycles. The van der Waals surface area contributed by atoms with Crippen molar-refractivity contribution >= 4 is 28.1 Å². The minimum Gasteiger partial charge on any atom is -0.496 e. The van der Waals surface area contributed by atoms with E-state index < -0.39 is 5.97 Å². The molecule has 4 aromatic carbocycles. The van der Waals surface area contributed by atoms with E-state index in [4.69, 9.17) is 9.47 Å². The summed E-state index contributed by atoms with van der Waals surface area (Å²) >= 11 is 0. The maximum absolute atomic E-state index is 11.8. The number of carboxylic acids is 1. The third-order valence-electron chi connectivity index (χ3n) is 6.77. The van der Waals surface area contributed by atoms with Gasteiger partial charge >= 0.3 is 5.97 Å². The number of hydrogen-bond donors (Lipinski definition) is 2. The van der Waals surface area contributed by atoms with Crippen LogP contribution in [0.2, 0.25) is 0 Å². The number of nitrogens with one attached hydrogen (secondary N) is 1. The average molecular weight is 483 g/mol. The van der Waals surface area contributed by atoms with Gasteiger partial charge in [-0.25, -0.2) is 4.79 Å². The van der Waals surface area contributed by atoms with Crippen molar-refractivity contribution in [2.75, 3.05) is 25.1 Å². The Labute approximate surface area is 211 Å². The van der Waals surface area contributed by atoms with Crippen LogP contribution in [0, 0.1) is 0 Å². The van der Waals surface area contributed by atoms with Crippen LogP contribution in [-0.4, -0.2) is 37.4 Å². The van der Waals surface area contributed by atoms with E-state index in [1.165, 1.54) is 23.4 Å². The molecule has 6 heteroatoms. The summed E-state index contributed by atoms with van der Waals surface area (Å²) in [5.74, 6) is 0.123. The first-order valence-corrected chi connectivity index (χ1v) is 12.2. The van der Waals surface area contributed by atoms with Crippen molar-refractivity contribution in [2.45, 2.75) is 25.5 Å². The molecule has 1 aliphatic heterocycles. The van der Waals surface area contributed by atoms with Crippen LogP contribution in [0.5, 0.6) is 11.5 Å². The largest absolute Gasteiger partial charge is 0.496 e. The fourth-order valence-corrected chi connectivity index (χ4v) is 4.92. The van der Waals surface area contributed by atoms with E-state index in [0.717, 1.165) is 30.1 Å². The Kier molecular flexibility index (Phi) is 6.78. The molecule has 6 nitrogen and oxygen atoms in total. The molecule has 2 N–H and O–H groups in total. The van der Waals surface area contributed by atoms with Crippen LogP contribution < -0.4 is 19.7 Å². The lowest BCUT2D eigenvalue weighted by molar-refractivity contribution is 0.0693. The van der Waals surface area contributed by atoms with Gasteiger partial charge in [0.25, 0.3) is 0 Å². The van der Waals surface area contributed by atoms with Crippen LogP contribution in [0.3, 0.4) is 0 Å². The lowest BCUT2D eigenvalue weighted by Crippen LogP contribution is -2.39. The van der Waals surface area contributed by atoms with E-state index in [-0.39, 0.29) is 17.7 Å². The Bertz CT molecular complexity index is 1380. The summed E-state index contributed by atoms with van der Waals surface area (Å²) in [6, 6.07) is 28.2. The normalized spacial score (nSPS) is 15.7. The number of benzene rings is 4. The number of carbonyl (C=O) groups is 1. The van der Waals surface area contributed by atoms with Crippen LogP contribution in [0.1, 0.15) is 35.3 Å². The van der Waals surface area contributed by atoms with Gasteiger partial charge in [0.1, 0.15) is 23.2 Å². The molecule has 1 unspecified atom stereocenters. The molecule has 0 saturated heterocycles. The van der Waals surface area contributed by atoms with Gasteiger partial charge in [0, 0.05) is 11.7 Å². The van der Waals surface area contributed by atoms with Gasteiger partial charge in [0.15, 0.2) is 0 Å². The van der Waals surface area contributed by atoms with Gasteiger partial charge in [-0.15, -0.1) is 0 Å². The molecule has 5 rings (SSSR count). The Morgan fingerprint density at radius 3 is 2.69 bits per heavy atom. The van der Waals surface area contributed by atoms with Gasteiger partial charge in [-0.2, -0.15) is 0 Å². The first kappa shape index (κ1) is 23.7. The molecule has 1 aliphatic rings. The Morgan fingerprint density at radius 2 is 1.86 bits per heavy atom. The van der Waals surface area contributed by atoms with Crippen LogP contribution in [0.25, 0.3) is 10.8 Å². The predicted molar refractivity (Wildman–Crippen MR) is 143 cm³/mol. The average Bonchev–Trinajstić information content (AvgIpc) is 2.91. The van der Waals surface area contributed by atoms with E-state index in [0.29, 0.717) is 12.3 Å². The zero-order chi connectivity index (χ0) is 25.1. The second kappa shape index (κ2) is 10.3. The summed E-state index contributed by atoms with van der Waals surface area (Å²) in [7, 11) is 1.48. The molecule has 0 bridgehead atoms. The molecule has 0 radical (unpaired) electrons. The predicted octanol–water partition coefficient (Wildman–Crippen LogP) is 6.19. The molecule has 2 atom stereocenters. The van der Waals surface area contributed by atoms with Gasteiger partial charge in [-0.05, 0) is 66.6 Å². The van der Waals surface area contributed by atoms with Gasteiger partial charge in [0.2, 0.25) is 0 Å². The highest BCUT2D eigenvalue weighted by atomic mass is 16.5. The summed E-state index contributed by atoms with van der Waals surface area (Å²) in [5.41, 5.74) is 3.14. The van der Waals surface area contributed by atoms with Crippen molar-refractivity contribution in [3.8, 4) is 11.5 Å². The summed E-state index contributed by atoms with van der Waals surface area (Å²) in [4.78, 5) is 13.9. The summed E-state index contributed by atoms with van der Waals surface area (Å²) in [6.45, 7) is 3.59. The van der Waals surface area contributed by atoms with Gasteiger partial charge in [-0.3, -0.25) is 0 Å². The summed E-state index contributed by atoms with van der Waals surface area (Å²) in [5, 5.41) is 15.8. The fraction of sp³-hybridized carbons (Fsp3) is 0.233. The number of carboxylic acid groups (broad SMARTS) is 1. The minimum absolute atomic E-state index is 0.0532. The third-order valence-corrected chi connectivity index (χ3v) is 6.77. The van der Waals surface area contributed by atoms with Gasteiger partial charge in [0.05, 0.1) is 19.3 Å². The standard InChI is InChI=1S/C30H30N2O4/c1-20(24-11-7-9-21-8-3-4-10-25(21)24)31-17-16-23-19-32(27-12-5-6-13-29(27)36-23)22-14-15-28(35-2)26(18-22)30(33)34/h3-15,18,20,23,31H,16-17,19H2,1-2H3,(H,33,34)/t20-,23?/m1/s1. The van der Waals surface area contributed by atoms with Gasteiger partial charge < -0.3 is 24.8 Å². The first-order valence-electron chi connectivity index (χ1n) is 12.2. The van der Waals surface area contributed by atoms with E-state index >= 15 is 0 Å². The van der Waals surface area contributed by atoms with Crippen molar-refractivity contribution < 1.29 is 19.4 Å². The van der Waals surface area contributed by atoms with Crippen molar-refractivity contribution in [1.82, 2.24) is 5.32 Å². The lowest BCUT2D eigenvalue weighted by atomic mass is 9.99. The molecule has 4 aromatic rings. The Morgan fingerprint density at radius 1 is 1.08 bits per heavy atom. The summed E-state index contributed by atoms with van der Waals surface area (Å²) < 4.78 is 11.6. The zero-order valence-corrected chi connectivity index (χ0v) is 20.5. The van der Waals surface area contributed by atoms with E-state index in [1.54, 1.807) is 12.1 Å². The van der Waals surface area contributed by atoms with Crippen molar-refractivity contribution in [3.05, 3.63) is 96.1 Å². The fourth-order valence-electron chi connectivity index (χ4n) is 4.92. The Hall–Kier alpha value is -4.03. The molecule has 36 heavy (non-hydrogen) atoms. The topological polar surface area (TPSA) is 71.0 Å². The number of rotatable bonds is 8. The van der Waals surface area contributed by atoms with E-state index in [1.807, 2.05) is 30.3 Å². The zero-order valence-electron chi connectivity index (χ0n) is 20.5. The molecular weight excluding hydrogens is 452 g/mol. The maximum atomic E-state index is 11.8. The number of nitrogens with zero attached hydrogens (tertiary/aromatic N) is 1. The number of fused-ring (bicyclic) bond motifs is 2. The quantitative estimate of drug-likeness (QED) is 0.312. The molecule has 0 aromatic heterocycles. The Balaban J connectivity index is 1.32. The second-order valence-corrected chi connectivity index (χ2v) is 9.04. The van der Waals surface area contributed by atoms with Crippen molar-refractivity contribution in [3.63, 3.8) is 0 Å². The highest BCUT2D eigenvalue weighted by Crippen LogP contribution is 2.39. The van der Waals surface area contributed by atoms with Crippen LogP contribution in [0.15, 0.2) is 84.9 Å². The van der Waals surface area contributed by atoms with Crippen LogP contribution >= 0.6 is 0 Å². The number of aromatic carboxylic acids is 1. The number of hydrogen-bond acceptors (Lipinski definition) is 5. The highest BCUT2D eigenvalue weighted by Gasteiger charge is 2.27. The first-order chi connectivity index (χ1) is 17.5. The SMILES string of the molecule is COc1ccc(N2CC(CCN[C@H](C)c3cccc4ccccc34)Oc3ccccc32)cc1C(=O)O. The highest BCUT2D eigenvalue weighted by molar-refractivity contribution is 5.93. The van der Waals surface area contributed by atoms with E-state index in [2.05, 4.69) is 59.6 Å². The number of methoxy groups -OCH3 is 1. The number of para-hydroxylation sites is 2. The van der Waals surface area contributed by atoms with Crippen LogP contribution in [0.4, 0.5) is 11.4 Å². The van der Waals surface area contributed by atoms with E-state index in [9.17, 15) is 9.90 Å². The molecule has 1 heterocycles. The second-order valence-electron chi connectivity index (χ2n) is 9.04. The number of ether oxygens (including phenoxy) is 2. The molecular formula is C30H30N2O4. The summed E-state index contributed by atoms with van der Waals surface area (Å²) in [6.07, 6.45) is 0.754. The molecule has 0 spiro atoms. The minimum atomic E-state index is -1.02. The van der Waals surface area contributed by atoms with Gasteiger partial charge in [-0.1, -0.05) is 54.6 Å². The molecule has 184 valence electrons. The van der Waals surface area contributed by atoms with Crippen LogP contribution in [-0.2, 0) is 0 Å².